The molecule has 0 bridgehead atoms. The topological polar surface area (TPSA) is 22.9 Å². The summed E-state index contributed by atoms with van der Waals surface area (Å²) in [7, 11) is 0. The number of para-hydroxylation sites is 1. The zero-order valence-corrected chi connectivity index (χ0v) is 16.2. The van der Waals surface area contributed by atoms with Crippen LogP contribution < -0.4 is 4.90 Å². The van der Waals surface area contributed by atoms with Crippen molar-refractivity contribution in [2.24, 2.45) is 0 Å². The third-order valence-electron chi connectivity index (χ3n) is 5.95. The molecule has 27 heavy (non-hydrogen) atoms. The molecule has 0 radical (unpaired) electrons. The van der Waals surface area contributed by atoms with Crippen molar-refractivity contribution in [3.63, 3.8) is 0 Å². The van der Waals surface area contributed by atoms with Crippen molar-refractivity contribution < 1.29 is 8.81 Å². The third kappa shape index (κ3) is 4.36. The maximum Gasteiger partial charge on any atom is 0.146 e. The number of halogens is 1. The van der Waals surface area contributed by atoms with Gasteiger partial charge in [-0.25, -0.2) is 4.39 Å². The molecule has 0 spiro atoms. The van der Waals surface area contributed by atoms with Gasteiger partial charge in [-0.05, 0) is 43.7 Å². The highest BCUT2D eigenvalue weighted by Crippen LogP contribution is 2.24. The van der Waals surface area contributed by atoms with E-state index in [0.29, 0.717) is 6.04 Å². The quantitative estimate of drug-likeness (QED) is 0.798. The van der Waals surface area contributed by atoms with E-state index < -0.39 is 0 Å². The lowest BCUT2D eigenvalue weighted by Gasteiger charge is -2.43. The van der Waals surface area contributed by atoms with E-state index in [1.54, 1.807) is 12.1 Å². The van der Waals surface area contributed by atoms with Gasteiger partial charge in [-0.3, -0.25) is 9.80 Å². The van der Waals surface area contributed by atoms with Crippen molar-refractivity contribution in [2.45, 2.75) is 38.8 Å². The molecule has 1 aromatic heterocycles. The van der Waals surface area contributed by atoms with Crippen molar-refractivity contribution in [3.8, 4) is 0 Å². The Morgan fingerprint density at radius 1 is 1.00 bits per heavy atom. The Bertz CT molecular complexity index is 739. The van der Waals surface area contributed by atoms with Crippen LogP contribution in [0.3, 0.4) is 0 Å². The van der Waals surface area contributed by atoms with Gasteiger partial charge < -0.3 is 9.32 Å². The maximum absolute atomic E-state index is 14.0. The highest BCUT2D eigenvalue weighted by atomic mass is 19.1. The van der Waals surface area contributed by atoms with Crippen LogP contribution in [0.25, 0.3) is 0 Å². The summed E-state index contributed by atoms with van der Waals surface area (Å²) in [6.07, 6.45) is 3.45. The highest BCUT2D eigenvalue weighted by molar-refractivity contribution is 5.48. The highest BCUT2D eigenvalue weighted by Gasteiger charge is 2.29. The Balaban J connectivity index is 1.31. The standard InChI is InChI=1S/C22H30FN3O/c1-2-19-9-10-20(27-19)17-24-11-5-6-18(16-24)25-12-14-26(15-13-25)22-8-4-3-7-21(22)23/h3-4,7-10,18H,2,5-6,11-17H2,1H3/t18-/m1/s1. The van der Waals surface area contributed by atoms with Crippen LogP contribution in [0.15, 0.2) is 40.8 Å². The average molecular weight is 372 g/mol. The minimum Gasteiger partial charge on any atom is -0.465 e. The number of hydrogen-bond donors (Lipinski definition) is 0. The molecule has 2 saturated heterocycles. The van der Waals surface area contributed by atoms with E-state index in [9.17, 15) is 4.39 Å². The minimum atomic E-state index is -0.111. The summed E-state index contributed by atoms with van der Waals surface area (Å²) in [5.41, 5.74) is 0.743. The molecule has 0 unspecified atom stereocenters. The first-order chi connectivity index (χ1) is 13.2. The second kappa shape index (κ2) is 8.44. The van der Waals surface area contributed by atoms with E-state index in [1.165, 1.54) is 12.8 Å². The first-order valence-corrected chi connectivity index (χ1v) is 10.3. The molecule has 4 nitrogen and oxygen atoms in total. The number of piperazine rings is 1. The van der Waals surface area contributed by atoms with Gasteiger partial charge in [0.05, 0.1) is 12.2 Å². The van der Waals surface area contributed by atoms with Crippen molar-refractivity contribution >= 4 is 5.69 Å². The van der Waals surface area contributed by atoms with E-state index in [0.717, 1.165) is 69.4 Å². The van der Waals surface area contributed by atoms with E-state index in [1.807, 2.05) is 12.1 Å². The van der Waals surface area contributed by atoms with Crippen LogP contribution in [0, 0.1) is 5.82 Å². The first-order valence-electron chi connectivity index (χ1n) is 10.3. The lowest BCUT2D eigenvalue weighted by molar-refractivity contribution is 0.0846. The summed E-state index contributed by atoms with van der Waals surface area (Å²) < 4.78 is 19.9. The normalized spacial score (nSPS) is 22.3. The molecule has 3 heterocycles. The summed E-state index contributed by atoms with van der Waals surface area (Å²) >= 11 is 0. The molecule has 0 saturated carbocycles. The fraction of sp³-hybridized carbons (Fsp3) is 0.545. The number of aryl methyl sites for hydroxylation is 1. The van der Waals surface area contributed by atoms with Gasteiger partial charge in [0.1, 0.15) is 17.3 Å². The van der Waals surface area contributed by atoms with Crippen LogP contribution in [0.2, 0.25) is 0 Å². The molecular weight excluding hydrogens is 341 g/mol. The minimum absolute atomic E-state index is 0.111. The second-order valence-electron chi connectivity index (χ2n) is 7.73. The van der Waals surface area contributed by atoms with Crippen LogP contribution in [0.4, 0.5) is 10.1 Å². The Morgan fingerprint density at radius 3 is 2.52 bits per heavy atom. The number of rotatable bonds is 5. The van der Waals surface area contributed by atoms with E-state index >= 15 is 0 Å². The number of likely N-dealkylation sites (tertiary alicyclic amines) is 1. The largest absolute Gasteiger partial charge is 0.465 e. The number of benzene rings is 1. The summed E-state index contributed by atoms with van der Waals surface area (Å²) in [6, 6.07) is 11.9. The second-order valence-corrected chi connectivity index (χ2v) is 7.73. The van der Waals surface area contributed by atoms with Gasteiger partial charge in [-0.2, -0.15) is 0 Å². The van der Waals surface area contributed by atoms with E-state index in [-0.39, 0.29) is 5.82 Å². The molecule has 2 aliphatic rings. The Hall–Kier alpha value is -1.85. The molecule has 2 fully saturated rings. The molecular formula is C22H30FN3O. The van der Waals surface area contributed by atoms with Crippen LogP contribution in [0.1, 0.15) is 31.3 Å². The van der Waals surface area contributed by atoms with Gasteiger partial charge in [-0.1, -0.05) is 19.1 Å². The molecule has 1 atom stereocenters. The number of piperidine rings is 1. The lowest BCUT2D eigenvalue weighted by atomic mass is 10.0. The molecule has 5 heteroatoms. The maximum atomic E-state index is 14.0. The van der Waals surface area contributed by atoms with Crippen molar-refractivity contribution in [3.05, 3.63) is 53.7 Å². The average Bonchev–Trinajstić information content (AvgIpc) is 3.16. The molecule has 0 aliphatic carbocycles. The number of anilines is 1. The van der Waals surface area contributed by atoms with Gasteiger partial charge in [0.2, 0.25) is 0 Å². The smallest absolute Gasteiger partial charge is 0.146 e. The Kier molecular flexibility index (Phi) is 5.79. The van der Waals surface area contributed by atoms with Gasteiger partial charge >= 0.3 is 0 Å². The molecule has 0 N–H and O–H groups in total. The van der Waals surface area contributed by atoms with Crippen LogP contribution in [0.5, 0.6) is 0 Å². The summed E-state index contributed by atoms with van der Waals surface area (Å²) in [6.45, 7) is 9.09. The number of hydrogen-bond acceptors (Lipinski definition) is 4. The van der Waals surface area contributed by atoms with Crippen LogP contribution in [-0.2, 0) is 13.0 Å². The fourth-order valence-corrected chi connectivity index (χ4v) is 4.43. The summed E-state index contributed by atoms with van der Waals surface area (Å²) in [5, 5.41) is 0. The van der Waals surface area contributed by atoms with Crippen LogP contribution in [-0.4, -0.2) is 55.1 Å². The fourth-order valence-electron chi connectivity index (χ4n) is 4.43. The van der Waals surface area contributed by atoms with Crippen molar-refractivity contribution in [2.75, 3.05) is 44.2 Å². The Morgan fingerprint density at radius 2 is 1.78 bits per heavy atom. The summed E-state index contributed by atoms with van der Waals surface area (Å²) in [5.74, 6) is 2.04. The monoisotopic (exact) mass is 371 g/mol. The first kappa shape index (κ1) is 18.5. The van der Waals surface area contributed by atoms with Gasteiger partial charge in [-0.15, -0.1) is 0 Å². The predicted octanol–water partition coefficient (Wildman–Crippen LogP) is 3.77. The molecule has 4 rings (SSSR count). The molecule has 0 amide bonds. The third-order valence-corrected chi connectivity index (χ3v) is 5.95. The zero-order chi connectivity index (χ0) is 18.6. The molecule has 2 aliphatic heterocycles. The van der Waals surface area contributed by atoms with E-state index in [4.69, 9.17) is 4.42 Å². The zero-order valence-electron chi connectivity index (χ0n) is 16.2. The van der Waals surface area contributed by atoms with E-state index in [2.05, 4.69) is 33.8 Å². The number of nitrogens with zero attached hydrogens (tertiary/aromatic N) is 3. The van der Waals surface area contributed by atoms with Gasteiger partial charge in [0.15, 0.2) is 0 Å². The van der Waals surface area contributed by atoms with Crippen molar-refractivity contribution in [1.82, 2.24) is 9.80 Å². The predicted molar refractivity (Wildman–Crippen MR) is 107 cm³/mol. The van der Waals surface area contributed by atoms with Crippen LogP contribution >= 0.6 is 0 Å². The Labute approximate surface area is 161 Å². The van der Waals surface area contributed by atoms with Gasteiger partial charge in [0.25, 0.3) is 0 Å². The lowest BCUT2D eigenvalue weighted by Crippen LogP contribution is -2.55. The van der Waals surface area contributed by atoms with Crippen molar-refractivity contribution in [1.29, 1.82) is 0 Å². The van der Waals surface area contributed by atoms with Gasteiger partial charge in [0, 0.05) is 45.2 Å². The molecule has 2 aromatic rings. The SMILES string of the molecule is CCc1ccc(CN2CCC[C@@H](N3CCN(c4ccccc4F)CC3)C2)o1. The summed E-state index contributed by atoms with van der Waals surface area (Å²) in [4.78, 5) is 7.31. The number of furan rings is 1. The molecule has 1 aromatic carbocycles. The molecule has 146 valence electrons.